The van der Waals surface area contributed by atoms with Gasteiger partial charge in [-0.25, -0.2) is 4.98 Å². The minimum absolute atomic E-state index is 0.453. The maximum absolute atomic E-state index is 12.3. The van der Waals surface area contributed by atoms with Crippen LogP contribution in [0.4, 0.5) is 5.13 Å². The summed E-state index contributed by atoms with van der Waals surface area (Å²) >= 11 is 1.47. The molecule has 2 amide bonds. The summed E-state index contributed by atoms with van der Waals surface area (Å²) in [6.45, 7) is 7.17. The summed E-state index contributed by atoms with van der Waals surface area (Å²) in [4.78, 5) is 34.1. The molecule has 1 aliphatic heterocycles. The van der Waals surface area contributed by atoms with Crippen molar-refractivity contribution in [3.8, 4) is 0 Å². The molecular weight excluding hydrogens is 312 g/mol. The minimum Gasteiger partial charge on any atom is -0.334 e. The lowest BCUT2D eigenvalue weighted by Gasteiger charge is -2.20. The molecule has 0 unspecified atom stereocenters. The van der Waals surface area contributed by atoms with Crippen LogP contribution in [0.1, 0.15) is 43.7 Å². The largest absolute Gasteiger partial charge is 0.334 e. The van der Waals surface area contributed by atoms with Gasteiger partial charge in [0.15, 0.2) is 5.13 Å². The number of aromatic nitrogens is 1. The Bertz CT molecular complexity index is 558. The normalized spacial score (nSPS) is 14.4. The zero-order valence-corrected chi connectivity index (χ0v) is 15.0. The van der Waals surface area contributed by atoms with Crippen molar-refractivity contribution >= 4 is 28.3 Å². The van der Waals surface area contributed by atoms with Crippen molar-refractivity contribution in [2.75, 3.05) is 32.0 Å². The SMILES string of the molecule is CCCCN(CCC)C(=O)C(=O)Nc1nc2c(s1)CN(C)CC2. The van der Waals surface area contributed by atoms with Crippen LogP contribution in [0, 0.1) is 0 Å². The monoisotopic (exact) mass is 338 g/mol. The molecule has 0 aliphatic carbocycles. The van der Waals surface area contributed by atoms with Crippen molar-refractivity contribution in [3.05, 3.63) is 10.6 Å². The van der Waals surface area contributed by atoms with Gasteiger partial charge in [-0.2, -0.15) is 0 Å². The van der Waals surface area contributed by atoms with Crippen molar-refractivity contribution in [1.29, 1.82) is 0 Å². The van der Waals surface area contributed by atoms with Crippen LogP contribution in [0.25, 0.3) is 0 Å². The van der Waals surface area contributed by atoms with Gasteiger partial charge in [0.1, 0.15) is 0 Å². The number of fused-ring (bicyclic) bond motifs is 1. The van der Waals surface area contributed by atoms with Gasteiger partial charge in [-0.05, 0) is 19.9 Å². The maximum atomic E-state index is 12.3. The molecule has 6 nitrogen and oxygen atoms in total. The molecule has 0 saturated heterocycles. The maximum Gasteiger partial charge on any atom is 0.315 e. The Morgan fingerprint density at radius 3 is 2.78 bits per heavy atom. The summed E-state index contributed by atoms with van der Waals surface area (Å²) in [5.41, 5.74) is 1.05. The first-order valence-corrected chi connectivity index (χ1v) is 9.14. The van der Waals surface area contributed by atoms with Crippen LogP contribution >= 0.6 is 11.3 Å². The van der Waals surface area contributed by atoms with E-state index in [1.807, 2.05) is 6.92 Å². The first-order valence-electron chi connectivity index (χ1n) is 8.32. The predicted molar refractivity (Wildman–Crippen MR) is 92.6 cm³/mol. The Kier molecular flexibility index (Phi) is 6.53. The summed E-state index contributed by atoms with van der Waals surface area (Å²) in [5, 5.41) is 3.23. The van der Waals surface area contributed by atoms with Gasteiger partial charge in [0.2, 0.25) is 0 Å². The fourth-order valence-corrected chi connectivity index (χ4v) is 3.69. The van der Waals surface area contributed by atoms with Crippen molar-refractivity contribution in [3.63, 3.8) is 0 Å². The van der Waals surface area contributed by atoms with E-state index >= 15 is 0 Å². The van der Waals surface area contributed by atoms with Crippen molar-refractivity contribution < 1.29 is 9.59 Å². The summed E-state index contributed by atoms with van der Waals surface area (Å²) in [5.74, 6) is -1.03. The number of hydrogen-bond donors (Lipinski definition) is 1. The molecule has 0 bridgehead atoms. The number of rotatable bonds is 6. The summed E-state index contributed by atoms with van der Waals surface area (Å²) in [7, 11) is 2.07. The number of likely N-dealkylation sites (N-methyl/N-ethyl adjacent to an activating group) is 1. The first kappa shape index (κ1) is 17.9. The fourth-order valence-electron chi connectivity index (χ4n) is 2.60. The van der Waals surface area contributed by atoms with Crippen LogP contribution < -0.4 is 5.32 Å². The van der Waals surface area contributed by atoms with Crippen LogP contribution in [0.2, 0.25) is 0 Å². The van der Waals surface area contributed by atoms with E-state index in [9.17, 15) is 9.59 Å². The molecule has 1 aliphatic rings. The third-order valence-corrected chi connectivity index (χ3v) is 4.90. The molecular formula is C16H26N4O2S. The lowest BCUT2D eigenvalue weighted by molar-refractivity contribution is -0.143. The Morgan fingerprint density at radius 1 is 1.30 bits per heavy atom. The fraction of sp³-hybridized carbons (Fsp3) is 0.688. The van der Waals surface area contributed by atoms with E-state index in [1.54, 1.807) is 4.90 Å². The molecule has 128 valence electrons. The topological polar surface area (TPSA) is 65.5 Å². The standard InChI is InChI=1S/C16H26N4O2S/c1-4-6-9-20(8-5-2)15(22)14(21)18-16-17-12-7-10-19(3)11-13(12)23-16/h4-11H2,1-3H3,(H,17,18,21). The van der Waals surface area contributed by atoms with Gasteiger partial charge in [0.05, 0.1) is 5.69 Å². The number of nitrogens with zero attached hydrogens (tertiary/aromatic N) is 3. The zero-order chi connectivity index (χ0) is 16.8. The van der Waals surface area contributed by atoms with Crippen LogP contribution in [-0.2, 0) is 22.6 Å². The number of thiazole rings is 1. The molecule has 0 aromatic carbocycles. The zero-order valence-electron chi connectivity index (χ0n) is 14.2. The third kappa shape index (κ3) is 4.75. The third-order valence-electron chi connectivity index (χ3n) is 3.90. The molecule has 0 radical (unpaired) electrons. The Morgan fingerprint density at radius 2 is 2.09 bits per heavy atom. The van der Waals surface area contributed by atoms with Crippen molar-refractivity contribution in [2.45, 2.75) is 46.1 Å². The second-order valence-electron chi connectivity index (χ2n) is 5.98. The molecule has 0 saturated carbocycles. The van der Waals surface area contributed by atoms with Gasteiger partial charge < -0.3 is 9.80 Å². The number of anilines is 1. The smallest absolute Gasteiger partial charge is 0.315 e. The van der Waals surface area contributed by atoms with E-state index in [0.717, 1.165) is 44.5 Å². The molecule has 2 heterocycles. The molecule has 7 heteroatoms. The quantitative estimate of drug-likeness (QED) is 0.807. The van der Waals surface area contributed by atoms with E-state index in [2.05, 4.69) is 29.2 Å². The second kappa shape index (κ2) is 8.40. The number of carbonyl (C=O) groups excluding carboxylic acids is 2. The average Bonchev–Trinajstić information content (AvgIpc) is 2.91. The van der Waals surface area contributed by atoms with Gasteiger partial charge in [-0.15, -0.1) is 11.3 Å². The van der Waals surface area contributed by atoms with Gasteiger partial charge in [0, 0.05) is 37.5 Å². The number of carbonyl (C=O) groups is 2. The highest BCUT2D eigenvalue weighted by molar-refractivity contribution is 7.16. The summed E-state index contributed by atoms with van der Waals surface area (Å²) in [6.07, 6.45) is 3.66. The minimum atomic E-state index is -0.575. The summed E-state index contributed by atoms with van der Waals surface area (Å²) < 4.78 is 0. The lowest BCUT2D eigenvalue weighted by atomic mass is 10.2. The molecule has 0 spiro atoms. The first-order chi connectivity index (χ1) is 11.0. The van der Waals surface area contributed by atoms with E-state index < -0.39 is 11.8 Å². The second-order valence-corrected chi connectivity index (χ2v) is 7.06. The predicted octanol–water partition coefficient (Wildman–Crippen LogP) is 2.11. The van der Waals surface area contributed by atoms with Crippen molar-refractivity contribution in [2.24, 2.45) is 0 Å². The molecule has 0 atom stereocenters. The van der Waals surface area contributed by atoms with Gasteiger partial charge >= 0.3 is 11.8 Å². The van der Waals surface area contributed by atoms with Crippen molar-refractivity contribution in [1.82, 2.24) is 14.8 Å². The van der Waals surface area contributed by atoms with Gasteiger partial charge in [0.25, 0.3) is 0 Å². The van der Waals surface area contributed by atoms with Gasteiger partial charge in [-0.3, -0.25) is 14.9 Å². The Labute approximate surface area is 141 Å². The molecule has 0 fully saturated rings. The number of unbranched alkanes of at least 4 members (excludes halogenated alkanes) is 1. The van der Waals surface area contributed by atoms with E-state index in [1.165, 1.54) is 16.2 Å². The van der Waals surface area contributed by atoms with Crippen LogP contribution in [-0.4, -0.2) is 53.3 Å². The average molecular weight is 338 g/mol. The van der Waals surface area contributed by atoms with Gasteiger partial charge in [-0.1, -0.05) is 20.3 Å². The lowest BCUT2D eigenvalue weighted by Crippen LogP contribution is -2.40. The Balaban J connectivity index is 1.98. The molecule has 23 heavy (non-hydrogen) atoms. The Hall–Kier alpha value is -1.47. The number of amides is 2. The molecule has 1 aromatic heterocycles. The summed E-state index contributed by atoms with van der Waals surface area (Å²) in [6, 6.07) is 0. The van der Waals surface area contributed by atoms with Crippen LogP contribution in [0.5, 0.6) is 0 Å². The highest BCUT2D eigenvalue weighted by atomic mass is 32.1. The highest BCUT2D eigenvalue weighted by Crippen LogP contribution is 2.27. The number of hydrogen-bond acceptors (Lipinski definition) is 5. The molecule has 2 rings (SSSR count). The van der Waals surface area contributed by atoms with E-state index in [-0.39, 0.29) is 0 Å². The highest BCUT2D eigenvalue weighted by Gasteiger charge is 2.24. The van der Waals surface area contributed by atoms with Crippen LogP contribution in [0.3, 0.4) is 0 Å². The molecule has 1 N–H and O–H groups in total. The van der Waals surface area contributed by atoms with E-state index in [4.69, 9.17) is 0 Å². The van der Waals surface area contributed by atoms with Crippen LogP contribution in [0.15, 0.2) is 0 Å². The molecule has 1 aromatic rings. The van der Waals surface area contributed by atoms with E-state index in [0.29, 0.717) is 18.2 Å². The number of nitrogens with one attached hydrogen (secondary N) is 1.